The number of anilines is 1. The Bertz CT molecular complexity index is 1030. The van der Waals surface area contributed by atoms with E-state index in [1.807, 2.05) is 0 Å². The summed E-state index contributed by atoms with van der Waals surface area (Å²) in [7, 11) is 0. The normalized spacial score (nSPS) is 10.5. The van der Waals surface area contributed by atoms with Crippen LogP contribution in [0.25, 0.3) is 11.3 Å². The highest BCUT2D eigenvalue weighted by atomic mass is 35.5. The number of nitrogens with zero attached hydrogens (tertiary/aromatic N) is 1. The second-order valence-electron chi connectivity index (χ2n) is 5.73. The van der Waals surface area contributed by atoms with E-state index in [1.165, 1.54) is 29.5 Å². The smallest absolute Gasteiger partial charge is 0.252 e. The zero-order chi connectivity index (χ0) is 20.1. The number of nitrogens with one attached hydrogen (secondary N) is 2. The molecule has 2 amide bonds. The van der Waals surface area contributed by atoms with Crippen LogP contribution in [0, 0.1) is 11.6 Å². The molecule has 0 bridgehead atoms. The van der Waals surface area contributed by atoms with Crippen molar-refractivity contribution in [1.29, 1.82) is 0 Å². The summed E-state index contributed by atoms with van der Waals surface area (Å²) in [6, 6.07) is 9.45. The lowest BCUT2D eigenvalue weighted by atomic mass is 10.2. The summed E-state index contributed by atoms with van der Waals surface area (Å²) in [6.07, 6.45) is 0.0133. The third kappa shape index (κ3) is 5.11. The zero-order valence-corrected chi connectivity index (χ0v) is 15.9. The predicted octanol–water partition coefficient (Wildman–Crippen LogP) is 4.50. The number of amides is 2. The number of aromatic nitrogens is 1. The molecule has 28 heavy (non-hydrogen) atoms. The summed E-state index contributed by atoms with van der Waals surface area (Å²) in [6.45, 7) is 0.0699. The molecule has 3 aromatic rings. The van der Waals surface area contributed by atoms with Gasteiger partial charge in [-0.1, -0.05) is 23.7 Å². The van der Waals surface area contributed by atoms with Gasteiger partial charge in [0.2, 0.25) is 5.91 Å². The van der Waals surface area contributed by atoms with Crippen LogP contribution in [0.15, 0.2) is 47.8 Å². The number of hydrogen-bond donors (Lipinski definition) is 2. The molecule has 0 unspecified atom stereocenters. The molecule has 0 saturated carbocycles. The van der Waals surface area contributed by atoms with E-state index >= 15 is 0 Å². The standard InChI is InChI=1S/C19H14ClF2N3O2S/c20-15-9-13(22)4-5-14(15)18(27)23-7-6-17(26)25-19-24-16(10-28-19)11-2-1-3-12(21)8-11/h1-5,8-10H,6-7H2,(H,23,27)(H,24,25,26). The molecule has 9 heteroatoms. The monoisotopic (exact) mass is 421 g/mol. The molecular weight excluding hydrogens is 408 g/mol. The molecular formula is C19H14ClF2N3O2S. The molecule has 0 atom stereocenters. The molecule has 1 heterocycles. The molecule has 0 aliphatic heterocycles. The highest BCUT2D eigenvalue weighted by Crippen LogP contribution is 2.25. The van der Waals surface area contributed by atoms with Gasteiger partial charge in [-0.05, 0) is 30.3 Å². The minimum absolute atomic E-state index is 0.00499. The average Bonchev–Trinajstić information content (AvgIpc) is 3.10. The minimum atomic E-state index is -0.540. The van der Waals surface area contributed by atoms with Crippen molar-refractivity contribution < 1.29 is 18.4 Å². The van der Waals surface area contributed by atoms with Crippen LogP contribution >= 0.6 is 22.9 Å². The molecule has 0 saturated heterocycles. The molecule has 0 aliphatic carbocycles. The fraction of sp³-hybridized carbons (Fsp3) is 0.105. The Morgan fingerprint density at radius 3 is 2.64 bits per heavy atom. The van der Waals surface area contributed by atoms with E-state index in [-0.39, 0.29) is 35.3 Å². The molecule has 1 aromatic heterocycles. The summed E-state index contributed by atoms with van der Waals surface area (Å²) in [5, 5.41) is 7.25. The van der Waals surface area contributed by atoms with Crippen molar-refractivity contribution in [3.8, 4) is 11.3 Å². The summed E-state index contributed by atoms with van der Waals surface area (Å²) in [4.78, 5) is 28.3. The Kier molecular flexibility index (Phi) is 6.33. The van der Waals surface area contributed by atoms with E-state index in [0.717, 1.165) is 12.1 Å². The molecule has 0 fully saturated rings. The van der Waals surface area contributed by atoms with Crippen molar-refractivity contribution in [2.24, 2.45) is 0 Å². The molecule has 5 nitrogen and oxygen atoms in total. The molecule has 3 rings (SSSR count). The second kappa shape index (κ2) is 8.90. The van der Waals surface area contributed by atoms with Gasteiger partial charge in [0.1, 0.15) is 11.6 Å². The van der Waals surface area contributed by atoms with Crippen molar-refractivity contribution in [3.05, 3.63) is 70.1 Å². The maximum absolute atomic E-state index is 13.3. The van der Waals surface area contributed by atoms with Gasteiger partial charge in [0.25, 0.3) is 5.91 Å². The Balaban J connectivity index is 1.50. The van der Waals surface area contributed by atoms with Crippen LogP contribution in [0.4, 0.5) is 13.9 Å². The number of rotatable bonds is 6. The van der Waals surface area contributed by atoms with Crippen LogP contribution in [-0.2, 0) is 4.79 Å². The fourth-order valence-corrected chi connectivity index (χ4v) is 3.34. The highest BCUT2D eigenvalue weighted by Gasteiger charge is 2.12. The van der Waals surface area contributed by atoms with E-state index < -0.39 is 11.7 Å². The van der Waals surface area contributed by atoms with Crippen molar-refractivity contribution in [3.63, 3.8) is 0 Å². The maximum atomic E-state index is 13.3. The molecule has 2 aromatic carbocycles. The second-order valence-corrected chi connectivity index (χ2v) is 6.99. The van der Waals surface area contributed by atoms with Gasteiger partial charge >= 0.3 is 0 Å². The number of benzene rings is 2. The van der Waals surface area contributed by atoms with Crippen LogP contribution < -0.4 is 10.6 Å². The van der Waals surface area contributed by atoms with Gasteiger partial charge in [0.05, 0.1) is 16.3 Å². The molecule has 0 spiro atoms. The first-order chi connectivity index (χ1) is 13.4. The number of carbonyl (C=O) groups excluding carboxylic acids is 2. The van der Waals surface area contributed by atoms with Gasteiger partial charge in [-0.3, -0.25) is 9.59 Å². The molecule has 2 N–H and O–H groups in total. The zero-order valence-electron chi connectivity index (χ0n) is 14.3. The van der Waals surface area contributed by atoms with Crippen molar-refractivity contribution >= 4 is 39.9 Å². The van der Waals surface area contributed by atoms with Gasteiger partial charge in [-0.25, -0.2) is 13.8 Å². The van der Waals surface area contributed by atoms with Crippen LogP contribution in [0.1, 0.15) is 16.8 Å². The average molecular weight is 422 g/mol. The number of thiazole rings is 1. The van der Waals surface area contributed by atoms with Crippen molar-refractivity contribution in [1.82, 2.24) is 10.3 Å². The number of halogens is 3. The number of carbonyl (C=O) groups is 2. The van der Waals surface area contributed by atoms with E-state index in [9.17, 15) is 18.4 Å². The highest BCUT2D eigenvalue weighted by molar-refractivity contribution is 7.14. The first-order valence-electron chi connectivity index (χ1n) is 8.17. The SMILES string of the molecule is O=C(CCNC(=O)c1ccc(F)cc1Cl)Nc1nc(-c2cccc(F)c2)cs1. The van der Waals surface area contributed by atoms with Gasteiger partial charge in [-0.15, -0.1) is 11.3 Å². The first-order valence-corrected chi connectivity index (χ1v) is 9.43. The van der Waals surface area contributed by atoms with Crippen LogP contribution in [-0.4, -0.2) is 23.3 Å². The lowest BCUT2D eigenvalue weighted by Crippen LogP contribution is -2.27. The Morgan fingerprint density at radius 1 is 1.11 bits per heavy atom. The Morgan fingerprint density at radius 2 is 1.89 bits per heavy atom. The summed E-state index contributed by atoms with van der Waals surface area (Å²) in [5.74, 6) is -1.75. The predicted molar refractivity (Wildman–Crippen MR) is 104 cm³/mol. The van der Waals surface area contributed by atoms with E-state index in [2.05, 4.69) is 15.6 Å². The van der Waals surface area contributed by atoms with Gasteiger partial charge in [-0.2, -0.15) is 0 Å². The van der Waals surface area contributed by atoms with E-state index in [0.29, 0.717) is 16.4 Å². The third-order valence-electron chi connectivity index (χ3n) is 3.68. The topological polar surface area (TPSA) is 71.1 Å². The Labute approximate surface area is 168 Å². The maximum Gasteiger partial charge on any atom is 0.252 e. The summed E-state index contributed by atoms with van der Waals surface area (Å²) < 4.78 is 26.3. The van der Waals surface area contributed by atoms with Gasteiger partial charge < -0.3 is 10.6 Å². The lowest BCUT2D eigenvalue weighted by molar-refractivity contribution is -0.116. The molecule has 0 radical (unpaired) electrons. The largest absolute Gasteiger partial charge is 0.351 e. The number of hydrogen-bond acceptors (Lipinski definition) is 4. The Hall–Kier alpha value is -2.84. The van der Waals surface area contributed by atoms with E-state index in [4.69, 9.17) is 11.6 Å². The molecule has 0 aliphatic rings. The van der Waals surface area contributed by atoms with Crippen molar-refractivity contribution in [2.45, 2.75) is 6.42 Å². The lowest BCUT2D eigenvalue weighted by Gasteiger charge is -2.06. The van der Waals surface area contributed by atoms with E-state index in [1.54, 1.807) is 17.5 Å². The van der Waals surface area contributed by atoms with Gasteiger partial charge in [0, 0.05) is 23.9 Å². The van der Waals surface area contributed by atoms with Crippen LogP contribution in [0.2, 0.25) is 5.02 Å². The van der Waals surface area contributed by atoms with Crippen molar-refractivity contribution in [2.75, 3.05) is 11.9 Å². The molecule has 144 valence electrons. The fourth-order valence-electron chi connectivity index (χ4n) is 2.35. The minimum Gasteiger partial charge on any atom is -0.351 e. The summed E-state index contributed by atoms with van der Waals surface area (Å²) in [5.41, 5.74) is 1.29. The van der Waals surface area contributed by atoms with Crippen LogP contribution in [0.3, 0.4) is 0 Å². The van der Waals surface area contributed by atoms with Crippen LogP contribution in [0.5, 0.6) is 0 Å². The first kappa shape index (κ1) is 19.9. The third-order valence-corrected chi connectivity index (χ3v) is 4.75. The quantitative estimate of drug-likeness (QED) is 0.615. The van der Waals surface area contributed by atoms with Gasteiger partial charge in [0.15, 0.2) is 5.13 Å². The summed E-state index contributed by atoms with van der Waals surface area (Å²) >= 11 is 7.04.